The van der Waals surface area contributed by atoms with Gasteiger partial charge in [-0.15, -0.1) is 0 Å². The van der Waals surface area contributed by atoms with Crippen molar-refractivity contribution in [1.29, 1.82) is 0 Å². The van der Waals surface area contributed by atoms with E-state index in [1.807, 2.05) is 6.92 Å². The van der Waals surface area contributed by atoms with Gasteiger partial charge in [-0.05, 0) is 20.8 Å². The largest absolute Gasteiger partial charge is 0.368 e. The first kappa shape index (κ1) is 16.2. The summed E-state index contributed by atoms with van der Waals surface area (Å²) < 4.78 is 8.48. The van der Waals surface area contributed by atoms with Crippen molar-refractivity contribution in [3.05, 3.63) is 55.8 Å². The maximum absolute atomic E-state index is 12.5. The second-order valence-corrected chi connectivity index (χ2v) is 5.53. The van der Waals surface area contributed by atoms with Crippen LogP contribution < -0.4 is 17.1 Å². The van der Waals surface area contributed by atoms with Gasteiger partial charge in [0.1, 0.15) is 5.60 Å². The van der Waals surface area contributed by atoms with Gasteiger partial charge in [0.25, 0.3) is 0 Å². The predicted octanol–water partition coefficient (Wildman–Crippen LogP) is 0.113. The highest BCUT2D eigenvalue weighted by Gasteiger charge is 2.40. The Labute approximate surface area is 127 Å². The molecular weight excluding hydrogens is 286 g/mol. The molecule has 2 heterocycles. The van der Waals surface area contributed by atoms with Crippen molar-refractivity contribution in [3.8, 4) is 0 Å². The van der Waals surface area contributed by atoms with Crippen molar-refractivity contribution >= 4 is 0 Å². The zero-order chi connectivity index (χ0) is 16.3. The number of hydrogen-bond acceptors (Lipinski definition) is 4. The van der Waals surface area contributed by atoms with Gasteiger partial charge in [0.2, 0.25) is 0 Å². The van der Waals surface area contributed by atoms with Gasteiger partial charge in [0.05, 0.1) is 26.2 Å². The molecule has 0 amide bonds. The Morgan fingerprint density at radius 3 is 1.73 bits per heavy atom. The predicted molar refractivity (Wildman–Crippen MR) is 83.2 cm³/mol. The number of allylic oxidation sites excluding steroid dienone is 4. The molecule has 120 valence electrons. The molecule has 0 aliphatic carbocycles. The fraction of sp³-hybridized carbons (Fsp3) is 0.533. The van der Waals surface area contributed by atoms with E-state index in [-0.39, 0.29) is 19.6 Å². The molecule has 0 spiro atoms. The van der Waals surface area contributed by atoms with E-state index in [1.54, 1.807) is 38.2 Å². The average Bonchev–Trinajstić information content (AvgIpc) is 3.21. The lowest BCUT2D eigenvalue weighted by molar-refractivity contribution is 0.280. The van der Waals surface area contributed by atoms with Crippen molar-refractivity contribution in [2.75, 3.05) is 6.61 Å². The van der Waals surface area contributed by atoms with Crippen LogP contribution in [0.2, 0.25) is 0 Å². The van der Waals surface area contributed by atoms with Gasteiger partial charge in [-0.1, -0.05) is 24.3 Å². The van der Waals surface area contributed by atoms with E-state index in [1.165, 1.54) is 0 Å². The second-order valence-electron chi connectivity index (χ2n) is 5.53. The van der Waals surface area contributed by atoms with Crippen LogP contribution in [0.4, 0.5) is 0 Å². The molecule has 1 aliphatic rings. The molecule has 0 N–H and O–H groups in total. The van der Waals surface area contributed by atoms with Gasteiger partial charge < -0.3 is 4.74 Å². The first-order chi connectivity index (χ1) is 10.4. The standard InChI is InChI=1S/C15H21N3O4/c1-4-6-8-16-12(19)17(9-7-5-2)14(21)18(13(16)20)10-15(3)11-22-15/h4-7H,8-11H2,1-3H3. The number of epoxide rings is 1. The van der Waals surface area contributed by atoms with E-state index in [9.17, 15) is 14.4 Å². The van der Waals surface area contributed by atoms with Crippen LogP contribution in [-0.2, 0) is 24.4 Å². The van der Waals surface area contributed by atoms with E-state index < -0.39 is 22.7 Å². The van der Waals surface area contributed by atoms with Crippen molar-refractivity contribution in [2.24, 2.45) is 0 Å². The number of hydrogen-bond donors (Lipinski definition) is 0. The quantitative estimate of drug-likeness (QED) is 0.552. The van der Waals surface area contributed by atoms with Gasteiger partial charge in [0, 0.05) is 0 Å². The summed E-state index contributed by atoms with van der Waals surface area (Å²) in [5.74, 6) is 0. The van der Waals surface area contributed by atoms with Crippen LogP contribution in [0, 0.1) is 0 Å². The van der Waals surface area contributed by atoms with E-state index in [4.69, 9.17) is 4.74 Å². The fourth-order valence-electron chi connectivity index (χ4n) is 2.10. The van der Waals surface area contributed by atoms with Crippen molar-refractivity contribution in [1.82, 2.24) is 13.7 Å². The molecule has 22 heavy (non-hydrogen) atoms. The molecule has 7 nitrogen and oxygen atoms in total. The molecule has 1 fully saturated rings. The van der Waals surface area contributed by atoms with Crippen LogP contribution in [0.15, 0.2) is 38.7 Å². The average molecular weight is 307 g/mol. The van der Waals surface area contributed by atoms with E-state index >= 15 is 0 Å². The lowest BCUT2D eigenvalue weighted by Crippen LogP contribution is -2.55. The highest BCUT2D eigenvalue weighted by Crippen LogP contribution is 2.26. The summed E-state index contributed by atoms with van der Waals surface area (Å²) in [6.07, 6.45) is 6.91. The monoisotopic (exact) mass is 307 g/mol. The van der Waals surface area contributed by atoms with E-state index in [0.29, 0.717) is 6.61 Å². The summed E-state index contributed by atoms with van der Waals surface area (Å²) in [5.41, 5.74) is -2.28. The molecule has 1 aliphatic heterocycles. The normalized spacial score (nSPS) is 21.0. The molecule has 1 unspecified atom stereocenters. The zero-order valence-electron chi connectivity index (χ0n) is 13.1. The SMILES string of the molecule is CC=CCn1c(=O)n(CC=CC)c(=O)n(CC2(C)CO2)c1=O. The summed E-state index contributed by atoms with van der Waals surface area (Å²) in [6.45, 7) is 6.37. The van der Waals surface area contributed by atoms with Crippen LogP contribution >= 0.6 is 0 Å². The van der Waals surface area contributed by atoms with Gasteiger partial charge in [-0.2, -0.15) is 0 Å². The first-order valence-corrected chi connectivity index (χ1v) is 7.24. The van der Waals surface area contributed by atoms with Gasteiger partial charge in [0.15, 0.2) is 0 Å². The third-order valence-corrected chi connectivity index (χ3v) is 3.56. The smallest absolute Gasteiger partial charge is 0.336 e. The summed E-state index contributed by atoms with van der Waals surface area (Å²) >= 11 is 0. The Kier molecular flexibility index (Phi) is 4.65. The molecule has 0 radical (unpaired) electrons. The summed E-state index contributed by atoms with van der Waals surface area (Å²) in [6, 6.07) is 0. The molecule has 7 heteroatoms. The molecule has 1 atom stereocenters. The number of nitrogens with zero attached hydrogens (tertiary/aromatic N) is 3. The van der Waals surface area contributed by atoms with Crippen LogP contribution in [0.5, 0.6) is 0 Å². The minimum atomic E-state index is -0.596. The highest BCUT2D eigenvalue weighted by atomic mass is 16.6. The Balaban J connectivity index is 2.63. The van der Waals surface area contributed by atoms with Crippen molar-refractivity contribution in [2.45, 2.75) is 46.0 Å². The number of aromatic nitrogens is 3. The van der Waals surface area contributed by atoms with E-state index in [2.05, 4.69) is 0 Å². The van der Waals surface area contributed by atoms with Crippen molar-refractivity contribution in [3.63, 3.8) is 0 Å². The van der Waals surface area contributed by atoms with Crippen LogP contribution in [0.1, 0.15) is 20.8 Å². The molecule has 1 saturated heterocycles. The Bertz CT molecular complexity index is 723. The molecule has 2 rings (SSSR count). The Hall–Kier alpha value is -2.15. The molecular formula is C15H21N3O4. The molecule has 0 bridgehead atoms. The minimum absolute atomic E-state index is 0.141. The maximum Gasteiger partial charge on any atom is 0.336 e. The number of ether oxygens (including phenoxy) is 1. The lowest BCUT2D eigenvalue weighted by Gasteiger charge is -2.13. The third kappa shape index (κ3) is 3.19. The maximum atomic E-state index is 12.5. The van der Waals surface area contributed by atoms with Crippen LogP contribution in [-0.4, -0.2) is 25.9 Å². The topological polar surface area (TPSA) is 78.5 Å². The summed E-state index contributed by atoms with van der Waals surface area (Å²) in [4.78, 5) is 37.3. The first-order valence-electron chi connectivity index (χ1n) is 7.24. The van der Waals surface area contributed by atoms with Gasteiger partial charge in [-0.25, -0.2) is 28.1 Å². The van der Waals surface area contributed by atoms with Gasteiger partial charge >= 0.3 is 17.1 Å². The summed E-state index contributed by atoms with van der Waals surface area (Å²) in [7, 11) is 0. The van der Waals surface area contributed by atoms with Crippen LogP contribution in [0.3, 0.4) is 0 Å². The molecule has 0 saturated carbocycles. The number of rotatable bonds is 6. The highest BCUT2D eigenvalue weighted by molar-refractivity contribution is 4.92. The lowest BCUT2D eigenvalue weighted by atomic mass is 10.2. The molecule has 1 aromatic rings. The molecule has 0 aromatic carbocycles. The van der Waals surface area contributed by atoms with E-state index in [0.717, 1.165) is 13.7 Å². The second kappa shape index (κ2) is 6.31. The van der Waals surface area contributed by atoms with Crippen LogP contribution in [0.25, 0.3) is 0 Å². The zero-order valence-corrected chi connectivity index (χ0v) is 13.1. The summed E-state index contributed by atoms with van der Waals surface area (Å²) in [5, 5.41) is 0. The molecule has 1 aromatic heterocycles. The Morgan fingerprint density at radius 2 is 1.36 bits per heavy atom. The fourth-order valence-corrected chi connectivity index (χ4v) is 2.10. The van der Waals surface area contributed by atoms with Crippen molar-refractivity contribution < 1.29 is 4.74 Å². The third-order valence-electron chi connectivity index (χ3n) is 3.56. The minimum Gasteiger partial charge on any atom is -0.368 e. The van der Waals surface area contributed by atoms with Gasteiger partial charge in [-0.3, -0.25) is 0 Å². The Morgan fingerprint density at radius 1 is 0.955 bits per heavy atom.